The van der Waals surface area contributed by atoms with Gasteiger partial charge in [0.05, 0.1) is 18.7 Å². The molecule has 0 atom stereocenters. The highest BCUT2D eigenvalue weighted by atomic mass is 16.5. The summed E-state index contributed by atoms with van der Waals surface area (Å²) in [7, 11) is 1.45. The van der Waals surface area contributed by atoms with E-state index in [1.807, 2.05) is 19.1 Å². The SMILES string of the molecule is CCN1CCOc2ccc(-c3c(C)c(C(N)=O)c(=O)n(C)c3CC(=O)O)cc21. The molecule has 3 N–H and O–H groups in total. The first-order valence-corrected chi connectivity index (χ1v) is 9.02. The molecule has 1 amide bonds. The van der Waals surface area contributed by atoms with Gasteiger partial charge in [-0.2, -0.15) is 0 Å². The van der Waals surface area contributed by atoms with Gasteiger partial charge in [-0.15, -0.1) is 0 Å². The minimum atomic E-state index is -1.07. The molecule has 0 fully saturated rings. The molecule has 8 nitrogen and oxygen atoms in total. The van der Waals surface area contributed by atoms with E-state index >= 15 is 0 Å². The van der Waals surface area contributed by atoms with Gasteiger partial charge >= 0.3 is 5.97 Å². The van der Waals surface area contributed by atoms with Crippen molar-refractivity contribution in [2.75, 3.05) is 24.6 Å². The van der Waals surface area contributed by atoms with Crippen molar-refractivity contribution in [3.8, 4) is 16.9 Å². The minimum absolute atomic E-state index is 0.132. The predicted molar refractivity (Wildman–Crippen MR) is 105 cm³/mol. The summed E-state index contributed by atoms with van der Waals surface area (Å²) in [5.74, 6) is -1.16. The van der Waals surface area contributed by atoms with Crippen LogP contribution in [0.1, 0.15) is 28.5 Å². The first-order chi connectivity index (χ1) is 13.3. The van der Waals surface area contributed by atoms with Crippen molar-refractivity contribution in [3.63, 3.8) is 0 Å². The zero-order valence-electron chi connectivity index (χ0n) is 16.1. The number of fused-ring (bicyclic) bond motifs is 1. The van der Waals surface area contributed by atoms with Crippen molar-refractivity contribution in [3.05, 3.63) is 45.4 Å². The summed E-state index contributed by atoms with van der Waals surface area (Å²) in [5, 5.41) is 9.36. The number of anilines is 1. The number of carbonyl (C=O) groups is 2. The van der Waals surface area contributed by atoms with Crippen LogP contribution in [0.2, 0.25) is 0 Å². The largest absolute Gasteiger partial charge is 0.490 e. The Kier molecular flexibility index (Phi) is 5.13. The van der Waals surface area contributed by atoms with Crippen molar-refractivity contribution in [2.24, 2.45) is 12.8 Å². The molecule has 2 heterocycles. The number of carbonyl (C=O) groups excluding carboxylic acids is 1. The maximum Gasteiger partial charge on any atom is 0.309 e. The fourth-order valence-electron chi connectivity index (χ4n) is 3.74. The summed E-state index contributed by atoms with van der Waals surface area (Å²) in [4.78, 5) is 38.1. The number of nitrogens with two attached hydrogens (primary N) is 1. The molecule has 148 valence electrons. The summed E-state index contributed by atoms with van der Waals surface area (Å²) >= 11 is 0. The Labute approximate surface area is 162 Å². The molecular formula is C20H23N3O5. The van der Waals surface area contributed by atoms with Crippen LogP contribution in [0, 0.1) is 6.92 Å². The van der Waals surface area contributed by atoms with E-state index in [1.165, 1.54) is 11.6 Å². The molecule has 1 aromatic heterocycles. The second-order valence-electron chi connectivity index (χ2n) is 6.73. The van der Waals surface area contributed by atoms with E-state index in [2.05, 4.69) is 4.90 Å². The molecule has 0 unspecified atom stereocenters. The van der Waals surface area contributed by atoms with Crippen LogP contribution in [0.4, 0.5) is 5.69 Å². The monoisotopic (exact) mass is 385 g/mol. The number of hydrogen-bond donors (Lipinski definition) is 2. The van der Waals surface area contributed by atoms with Crippen molar-refractivity contribution >= 4 is 17.6 Å². The Balaban J connectivity index is 2.33. The first-order valence-electron chi connectivity index (χ1n) is 9.02. The van der Waals surface area contributed by atoms with E-state index in [4.69, 9.17) is 10.5 Å². The Hall–Kier alpha value is -3.29. The molecular weight excluding hydrogens is 362 g/mol. The van der Waals surface area contributed by atoms with Gasteiger partial charge in [0.2, 0.25) is 0 Å². The number of carboxylic acids is 1. The maximum atomic E-state index is 12.6. The summed E-state index contributed by atoms with van der Waals surface area (Å²) in [5.41, 5.74) is 7.54. The summed E-state index contributed by atoms with van der Waals surface area (Å²) < 4.78 is 6.91. The lowest BCUT2D eigenvalue weighted by Gasteiger charge is -2.31. The molecule has 1 aliphatic rings. The quantitative estimate of drug-likeness (QED) is 0.802. The molecule has 1 aromatic carbocycles. The molecule has 0 aliphatic carbocycles. The Bertz CT molecular complexity index is 1030. The van der Waals surface area contributed by atoms with E-state index in [9.17, 15) is 19.5 Å². The zero-order chi connectivity index (χ0) is 20.6. The fraction of sp³-hybridized carbons (Fsp3) is 0.350. The standard InChI is InChI=1S/C20H23N3O5/c1-4-23-7-8-28-15-6-5-12(9-13(15)23)17-11(2)18(19(21)26)20(27)22(3)14(17)10-16(24)25/h5-6,9H,4,7-8,10H2,1-3H3,(H2,21,26)(H,24,25). The van der Waals surface area contributed by atoms with Crippen LogP contribution in [0.25, 0.3) is 11.1 Å². The molecule has 0 radical (unpaired) electrons. The van der Waals surface area contributed by atoms with Gasteiger partial charge in [0.25, 0.3) is 11.5 Å². The number of aliphatic carboxylic acids is 1. The lowest BCUT2D eigenvalue weighted by atomic mass is 9.93. The van der Waals surface area contributed by atoms with Crippen LogP contribution in [-0.4, -0.2) is 41.2 Å². The second kappa shape index (κ2) is 7.38. The van der Waals surface area contributed by atoms with Crippen LogP contribution in [0.3, 0.4) is 0 Å². The Morgan fingerprint density at radius 2 is 2.04 bits per heavy atom. The number of benzene rings is 1. The highest BCUT2D eigenvalue weighted by Crippen LogP contribution is 2.38. The molecule has 0 bridgehead atoms. The summed E-state index contributed by atoms with van der Waals surface area (Å²) in [6.45, 7) is 5.79. The third-order valence-electron chi connectivity index (χ3n) is 5.12. The average Bonchev–Trinajstić information content (AvgIpc) is 2.64. The van der Waals surface area contributed by atoms with Crippen molar-refractivity contribution in [1.82, 2.24) is 4.57 Å². The van der Waals surface area contributed by atoms with Crippen LogP contribution < -0.4 is 20.9 Å². The van der Waals surface area contributed by atoms with E-state index in [-0.39, 0.29) is 12.0 Å². The van der Waals surface area contributed by atoms with Gasteiger partial charge in [-0.3, -0.25) is 14.4 Å². The van der Waals surface area contributed by atoms with Gasteiger partial charge in [0, 0.05) is 24.8 Å². The number of hydrogen-bond acceptors (Lipinski definition) is 5. The summed E-state index contributed by atoms with van der Waals surface area (Å²) in [6, 6.07) is 5.54. The van der Waals surface area contributed by atoms with E-state index in [0.29, 0.717) is 29.0 Å². The topological polar surface area (TPSA) is 115 Å². The molecule has 0 spiro atoms. The third-order valence-corrected chi connectivity index (χ3v) is 5.12. The first kappa shape index (κ1) is 19.5. The zero-order valence-corrected chi connectivity index (χ0v) is 16.1. The molecule has 3 rings (SSSR count). The molecule has 2 aromatic rings. The predicted octanol–water partition coefficient (Wildman–Crippen LogP) is 1.31. The number of nitrogens with zero attached hydrogens (tertiary/aromatic N) is 2. The minimum Gasteiger partial charge on any atom is -0.490 e. The molecule has 1 aliphatic heterocycles. The highest BCUT2D eigenvalue weighted by Gasteiger charge is 2.25. The van der Waals surface area contributed by atoms with Gasteiger partial charge in [-0.05, 0) is 37.1 Å². The van der Waals surface area contributed by atoms with Gasteiger partial charge in [-0.25, -0.2) is 0 Å². The number of carboxylic acid groups (broad SMARTS) is 1. The molecule has 0 saturated carbocycles. The number of amides is 1. The van der Waals surface area contributed by atoms with Crippen molar-refractivity contribution in [1.29, 1.82) is 0 Å². The molecule has 0 saturated heterocycles. The van der Waals surface area contributed by atoms with E-state index in [1.54, 1.807) is 13.0 Å². The number of rotatable bonds is 5. The molecule has 8 heteroatoms. The number of aromatic nitrogens is 1. The lowest BCUT2D eigenvalue weighted by Crippen LogP contribution is -2.33. The number of likely N-dealkylation sites (N-methyl/N-ethyl adjacent to an activating group) is 1. The normalized spacial score (nSPS) is 13.0. The smallest absolute Gasteiger partial charge is 0.309 e. The Morgan fingerprint density at radius 1 is 1.32 bits per heavy atom. The highest BCUT2D eigenvalue weighted by molar-refractivity contribution is 5.96. The number of pyridine rings is 1. The maximum absolute atomic E-state index is 12.6. The van der Waals surface area contributed by atoms with Crippen LogP contribution in [0.5, 0.6) is 5.75 Å². The van der Waals surface area contributed by atoms with Gasteiger partial charge < -0.3 is 25.0 Å². The summed E-state index contributed by atoms with van der Waals surface area (Å²) in [6.07, 6.45) is -0.355. The third kappa shape index (κ3) is 3.21. The van der Waals surface area contributed by atoms with Crippen molar-refractivity contribution < 1.29 is 19.4 Å². The van der Waals surface area contributed by atoms with Crippen LogP contribution in [-0.2, 0) is 18.3 Å². The average molecular weight is 385 g/mol. The van der Waals surface area contributed by atoms with E-state index in [0.717, 1.165) is 24.5 Å². The second-order valence-corrected chi connectivity index (χ2v) is 6.73. The number of primary amides is 1. The van der Waals surface area contributed by atoms with Crippen LogP contribution >= 0.6 is 0 Å². The fourth-order valence-corrected chi connectivity index (χ4v) is 3.74. The van der Waals surface area contributed by atoms with Crippen LogP contribution in [0.15, 0.2) is 23.0 Å². The van der Waals surface area contributed by atoms with Gasteiger partial charge in [0.15, 0.2) is 0 Å². The lowest BCUT2D eigenvalue weighted by molar-refractivity contribution is -0.136. The number of ether oxygens (including phenoxy) is 1. The molecule has 28 heavy (non-hydrogen) atoms. The Morgan fingerprint density at radius 3 is 2.64 bits per heavy atom. The van der Waals surface area contributed by atoms with E-state index < -0.39 is 17.4 Å². The van der Waals surface area contributed by atoms with Crippen molar-refractivity contribution in [2.45, 2.75) is 20.3 Å². The van der Waals surface area contributed by atoms with Gasteiger partial charge in [0.1, 0.15) is 17.9 Å². The van der Waals surface area contributed by atoms with Gasteiger partial charge in [-0.1, -0.05) is 6.07 Å².